The molecule has 0 saturated carbocycles. The van der Waals surface area contributed by atoms with Crippen LogP contribution >= 0.6 is 0 Å². The molecule has 0 fully saturated rings. The predicted molar refractivity (Wildman–Crippen MR) is 103 cm³/mol. The van der Waals surface area contributed by atoms with Crippen LogP contribution in [0.2, 0.25) is 0 Å². The van der Waals surface area contributed by atoms with Crippen LogP contribution in [0.5, 0.6) is 11.5 Å². The second kappa shape index (κ2) is 9.78. The van der Waals surface area contributed by atoms with Crippen molar-refractivity contribution >= 4 is 5.91 Å². The van der Waals surface area contributed by atoms with Gasteiger partial charge in [-0.25, -0.2) is 0 Å². The summed E-state index contributed by atoms with van der Waals surface area (Å²) >= 11 is 0. The Morgan fingerprint density at radius 3 is 2.37 bits per heavy atom. The minimum atomic E-state index is -0.401. The Balaban J connectivity index is 1.97. The van der Waals surface area contributed by atoms with Gasteiger partial charge in [0.05, 0.1) is 20.3 Å². The Labute approximate surface area is 158 Å². The first-order chi connectivity index (χ1) is 13.0. The molecule has 27 heavy (non-hydrogen) atoms. The van der Waals surface area contributed by atoms with Crippen molar-refractivity contribution in [1.82, 2.24) is 9.88 Å². The van der Waals surface area contributed by atoms with Crippen LogP contribution in [-0.4, -0.2) is 44.5 Å². The molecular weight excluding hydrogens is 348 g/mol. The molecule has 146 valence electrons. The number of hydrogen-bond acceptors (Lipinski definition) is 5. The van der Waals surface area contributed by atoms with Crippen molar-refractivity contribution in [2.75, 3.05) is 34.0 Å². The summed E-state index contributed by atoms with van der Waals surface area (Å²) in [6, 6.07) is 9.01. The molecule has 0 aliphatic rings. The van der Waals surface area contributed by atoms with Gasteiger partial charge in [-0.15, -0.1) is 0 Å². The molecular formula is C20H26N2O5. The lowest BCUT2D eigenvalue weighted by Gasteiger charge is -2.14. The molecule has 2 aromatic rings. The number of carbonyl (C=O) groups is 1. The highest BCUT2D eigenvalue weighted by molar-refractivity contribution is 5.95. The number of aryl methyl sites for hydroxylation is 2. The molecule has 0 aliphatic heterocycles. The maximum absolute atomic E-state index is 12.7. The van der Waals surface area contributed by atoms with E-state index in [0.29, 0.717) is 31.1 Å². The summed E-state index contributed by atoms with van der Waals surface area (Å²) in [5, 5.41) is 2.74. The number of hydrogen-bond donors (Lipinski definition) is 1. The molecule has 7 nitrogen and oxygen atoms in total. The van der Waals surface area contributed by atoms with Crippen LogP contribution in [0.4, 0.5) is 0 Å². The third-order valence-electron chi connectivity index (χ3n) is 4.17. The smallest absolute Gasteiger partial charge is 0.263 e. The van der Waals surface area contributed by atoms with E-state index in [4.69, 9.17) is 14.2 Å². The topological polar surface area (TPSA) is 78.8 Å². The Bertz CT molecular complexity index is 828. The molecule has 1 amide bonds. The Morgan fingerprint density at radius 2 is 1.74 bits per heavy atom. The molecule has 1 N–H and O–H groups in total. The molecule has 7 heteroatoms. The number of rotatable bonds is 9. The number of ether oxygens (including phenoxy) is 3. The van der Waals surface area contributed by atoms with E-state index in [2.05, 4.69) is 5.32 Å². The van der Waals surface area contributed by atoms with Crippen molar-refractivity contribution in [3.05, 3.63) is 57.5 Å². The Hall–Kier alpha value is -2.80. The molecule has 1 aromatic heterocycles. The summed E-state index contributed by atoms with van der Waals surface area (Å²) in [6.07, 6.45) is 0. The largest absolute Gasteiger partial charge is 0.497 e. The van der Waals surface area contributed by atoms with E-state index in [9.17, 15) is 9.59 Å². The highest BCUT2D eigenvalue weighted by Crippen LogP contribution is 2.16. The quantitative estimate of drug-likeness (QED) is 0.679. The molecule has 1 heterocycles. The molecule has 1 aromatic carbocycles. The van der Waals surface area contributed by atoms with Gasteiger partial charge in [0.15, 0.2) is 0 Å². The first-order valence-corrected chi connectivity index (χ1v) is 8.73. The second-order valence-electron chi connectivity index (χ2n) is 6.07. The van der Waals surface area contributed by atoms with Crippen LogP contribution in [0.1, 0.15) is 21.6 Å². The molecule has 0 spiro atoms. The van der Waals surface area contributed by atoms with Crippen LogP contribution in [0.3, 0.4) is 0 Å². The van der Waals surface area contributed by atoms with E-state index in [-0.39, 0.29) is 17.7 Å². The van der Waals surface area contributed by atoms with E-state index in [1.807, 2.05) is 13.0 Å². The molecule has 0 unspecified atom stereocenters. The molecule has 0 saturated heterocycles. The maximum Gasteiger partial charge on any atom is 0.263 e. The summed E-state index contributed by atoms with van der Waals surface area (Å²) in [5.41, 5.74) is 1.30. The fourth-order valence-corrected chi connectivity index (χ4v) is 2.76. The van der Waals surface area contributed by atoms with Gasteiger partial charge >= 0.3 is 0 Å². The number of carbonyl (C=O) groups excluding carboxylic acids is 1. The van der Waals surface area contributed by atoms with E-state index < -0.39 is 5.91 Å². The summed E-state index contributed by atoms with van der Waals surface area (Å²) in [5.74, 6) is 1.02. The average molecular weight is 374 g/mol. The SMILES string of the molecule is COCCn1c(C)cc(C)c(C(=O)NCCOc2ccc(OC)cc2)c1=O. The van der Waals surface area contributed by atoms with Crippen LogP contribution in [0, 0.1) is 13.8 Å². The van der Waals surface area contributed by atoms with Gasteiger partial charge in [0.2, 0.25) is 0 Å². The average Bonchev–Trinajstić information content (AvgIpc) is 2.65. The van der Waals surface area contributed by atoms with Crippen molar-refractivity contribution in [2.45, 2.75) is 20.4 Å². The van der Waals surface area contributed by atoms with Crippen molar-refractivity contribution in [3.63, 3.8) is 0 Å². The highest BCUT2D eigenvalue weighted by atomic mass is 16.5. The van der Waals surface area contributed by atoms with Crippen molar-refractivity contribution in [2.24, 2.45) is 0 Å². The molecule has 2 rings (SSSR count). The van der Waals surface area contributed by atoms with Crippen molar-refractivity contribution in [3.8, 4) is 11.5 Å². The van der Waals surface area contributed by atoms with E-state index >= 15 is 0 Å². The number of nitrogens with zero attached hydrogens (tertiary/aromatic N) is 1. The first kappa shape index (κ1) is 20.5. The Morgan fingerprint density at radius 1 is 1.07 bits per heavy atom. The van der Waals surface area contributed by atoms with Gasteiger partial charge in [0.25, 0.3) is 11.5 Å². The summed E-state index contributed by atoms with van der Waals surface area (Å²) in [7, 11) is 3.17. The third-order valence-corrected chi connectivity index (χ3v) is 4.17. The molecule has 0 bridgehead atoms. The first-order valence-electron chi connectivity index (χ1n) is 8.73. The van der Waals surface area contributed by atoms with Gasteiger partial charge in [-0.2, -0.15) is 0 Å². The number of amides is 1. The highest BCUT2D eigenvalue weighted by Gasteiger charge is 2.17. The van der Waals surface area contributed by atoms with E-state index in [1.54, 1.807) is 50.0 Å². The van der Waals surface area contributed by atoms with Crippen LogP contribution < -0.4 is 20.3 Å². The maximum atomic E-state index is 12.7. The monoisotopic (exact) mass is 374 g/mol. The number of pyridine rings is 1. The van der Waals surface area contributed by atoms with E-state index in [1.165, 1.54) is 0 Å². The zero-order chi connectivity index (χ0) is 19.8. The lowest BCUT2D eigenvalue weighted by atomic mass is 10.1. The number of aromatic nitrogens is 1. The lowest BCUT2D eigenvalue weighted by Crippen LogP contribution is -2.37. The summed E-state index contributed by atoms with van der Waals surface area (Å²) in [4.78, 5) is 25.2. The normalized spacial score (nSPS) is 10.5. The number of nitrogens with one attached hydrogen (secondary N) is 1. The minimum Gasteiger partial charge on any atom is -0.497 e. The van der Waals surface area contributed by atoms with Crippen LogP contribution in [-0.2, 0) is 11.3 Å². The van der Waals surface area contributed by atoms with Crippen molar-refractivity contribution < 1.29 is 19.0 Å². The van der Waals surface area contributed by atoms with Gasteiger partial charge in [-0.05, 0) is 49.7 Å². The van der Waals surface area contributed by atoms with Crippen molar-refractivity contribution in [1.29, 1.82) is 0 Å². The predicted octanol–water partition coefficient (Wildman–Crippen LogP) is 1.93. The zero-order valence-electron chi connectivity index (χ0n) is 16.2. The number of methoxy groups -OCH3 is 2. The van der Waals surface area contributed by atoms with Crippen LogP contribution in [0.15, 0.2) is 35.1 Å². The van der Waals surface area contributed by atoms with Crippen LogP contribution in [0.25, 0.3) is 0 Å². The van der Waals surface area contributed by atoms with E-state index in [0.717, 1.165) is 11.4 Å². The molecule has 0 radical (unpaired) electrons. The fraction of sp³-hybridized carbons (Fsp3) is 0.400. The van der Waals surface area contributed by atoms with Gasteiger partial charge in [0, 0.05) is 19.3 Å². The fourth-order valence-electron chi connectivity index (χ4n) is 2.76. The molecule has 0 aliphatic carbocycles. The summed E-state index contributed by atoms with van der Waals surface area (Å²) < 4.78 is 17.3. The standard InChI is InChI=1S/C20H26N2O5/c1-14-13-15(2)22(10-12-25-3)20(24)18(14)19(23)21-9-11-27-17-7-5-16(26-4)6-8-17/h5-8,13H,9-12H2,1-4H3,(H,21,23). The second-order valence-corrected chi connectivity index (χ2v) is 6.07. The number of benzene rings is 1. The minimum absolute atomic E-state index is 0.154. The Kier molecular flexibility index (Phi) is 7.43. The third kappa shape index (κ3) is 5.34. The zero-order valence-corrected chi connectivity index (χ0v) is 16.2. The van der Waals surface area contributed by atoms with Gasteiger partial charge in [0.1, 0.15) is 23.7 Å². The summed E-state index contributed by atoms with van der Waals surface area (Å²) in [6.45, 7) is 4.99. The van der Waals surface area contributed by atoms with Gasteiger partial charge in [-0.3, -0.25) is 9.59 Å². The van der Waals surface area contributed by atoms with Gasteiger partial charge in [-0.1, -0.05) is 0 Å². The van der Waals surface area contributed by atoms with Gasteiger partial charge < -0.3 is 24.1 Å². The lowest BCUT2D eigenvalue weighted by molar-refractivity contribution is 0.0943. The molecule has 0 atom stereocenters.